The van der Waals surface area contributed by atoms with E-state index in [1.807, 2.05) is 24.3 Å². The van der Waals surface area contributed by atoms with E-state index in [0.717, 1.165) is 27.9 Å². The highest BCUT2D eigenvalue weighted by Crippen LogP contribution is 2.26. The van der Waals surface area contributed by atoms with Crippen molar-refractivity contribution in [1.29, 1.82) is 0 Å². The summed E-state index contributed by atoms with van der Waals surface area (Å²) in [6.45, 7) is 0.392. The number of aromatic nitrogens is 2. The van der Waals surface area contributed by atoms with Crippen molar-refractivity contribution in [2.75, 3.05) is 5.32 Å². The fourth-order valence-corrected chi connectivity index (χ4v) is 3.34. The predicted molar refractivity (Wildman–Crippen MR) is 117 cm³/mol. The van der Waals surface area contributed by atoms with Crippen LogP contribution in [-0.4, -0.2) is 20.9 Å². The molecule has 0 radical (unpaired) electrons. The van der Waals surface area contributed by atoms with Gasteiger partial charge in [-0.2, -0.15) is 5.10 Å². The van der Waals surface area contributed by atoms with Crippen LogP contribution in [0.15, 0.2) is 77.4 Å². The highest BCUT2D eigenvalue weighted by atomic mass is 79.9. The number of halogens is 3. The molecular formula is C23H16BrF2N3O2. The Bertz CT molecular complexity index is 1240. The molecule has 0 saturated carbocycles. The van der Waals surface area contributed by atoms with Crippen molar-refractivity contribution in [3.63, 3.8) is 0 Å². The fourth-order valence-electron chi connectivity index (χ4n) is 3.08. The smallest absolute Gasteiger partial charge is 0.335 e. The molecule has 1 heterocycles. The highest BCUT2D eigenvalue weighted by molar-refractivity contribution is 9.10. The van der Waals surface area contributed by atoms with Gasteiger partial charge >= 0.3 is 5.97 Å². The monoisotopic (exact) mass is 483 g/mol. The summed E-state index contributed by atoms with van der Waals surface area (Å²) in [5.41, 5.74) is 3.38. The molecule has 8 heteroatoms. The van der Waals surface area contributed by atoms with Crippen LogP contribution in [0.25, 0.3) is 16.9 Å². The largest absolute Gasteiger partial charge is 0.478 e. The molecule has 4 aromatic rings. The van der Waals surface area contributed by atoms with Gasteiger partial charge in [-0.05, 0) is 66.7 Å². The number of carboxylic acid groups (broad SMARTS) is 1. The van der Waals surface area contributed by atoms with E-state index in [1.165, 1.54) is 18.2 Å². The molecule has 4 rings (SSSR count). The molecule has 0 unspecified atom stereocenters. The summed E-state index contributed by atoms with van der Waals surface area (Å²) in [6.07, 6.45) is 1.78. The van der Waals surface area contributed by atoms with Crippen LogP contribution in [0.3, 0.4) is 0 Å². The van der Waals surface area contributed by atoms with Gasteiger partial charge in [0, 0.05) is 34.0 Å². The zero-order valence-electron chi connectivity index (χ0n) is 16.0. The molecule has 0 aliphatic heterocycles. The number of nitrogens with zero attached hydrogens (tertiary/aromatic N) is 2. The number of carbonyl (C=O) groups is 1. The van der Waals surface area contributed by atoms with Crippen molar-refractivity contribution in [3.8, 4) is 16.9 Å². The van der Waals surface area contributed by atoms with Gasteiger partial charge in [-0.1, -0.05) is 15.9 Å². The van der Waals surface area contributed by atoms with Crippen molar-refractivity contribution >= 4 is 27.6 Å². The van der Waals surface area contributed by atoms with Crippen molar-refractivity contribution in [2.24, 2.45) is 0 Å². The molecule has 0 atom stereocenters. The Balaban J connectivity index is 1.70. The minimum absolute atomic E-state index is 0.161. The zero-order valence-corrected chi connectivity index (χ0v) is 17.6. The Morgan fingerprint density at radius 2 is 1.71 bits per heavy atom. The van der Waals surface area contributed by atoms with Crippen molar-refractivity contribution in [1.82, 2.24) is 9.78 Å². The van der Waals surface area contributed by atoms with Crippen LogP contribution in [0, 0.1) is 11.6 Å². The van der Waals surface area contributed by atoms with Crippen LogP contribution >= 0.6 is 15.9 Å². The minimum atomic E-state index is -1.02. The van der Waals surface area contributed by atoms with E-state index < -0.39 is 17.6 Å². The summed E-state index contributed by atoms with van der Waals surface area (Å²) >= 11 is 3.40. The van der Waals surface area contributed by atoms with Gasteiger partial charge in [0.15, 0.2) is 11.6 Å². The number of hydrogen-bond donors (Lipinski definition) is 2. The van der Waals surface area contributed by atoms with Gasteiger partial charge in [0.25, 0.3) is 0 Å². The predicted octanol–water partition coefficient (Wildman–Crippen LogP) is 5.89. The fraction of sp³-hybridized carbons (Fsp3) is 0.0435. The van der Waals surface area contributed by atoms with E-state index in [-0.39, 0.29) is 5.56 Å². The maximum Gasteiger partial charge on any atom is 0.335 e. The average Bonchev–Trinajstić information content (AvgIpc) is 3.19. The Morgan fingerprint density at radius 1 is 1.00 bits per heavy atom. The molecular weight excluding hydrogens is 468 g/mol. The van der Waals surface area contributed by atoms with E-state index in [0.29, 0.717) is 23.5 Å². The number of anilines is 1. The number of carboxylic acids is 1. The third kappa shape index (κ3) is 4.64. The number of rotatable bonds is 6. The van der Waals surface area contributed by atoms with Gasteiger partial charge in [-0.15, -0.1) is 0 Å². The van der Waals surface area contributed by atoms with Crippen molar-refractivity contribution in [2.45, 2.75) is 6.54 Å². The lowest BCUT2D eigenvalue weighted by atomic mass is 10.1. The van der Waals surface area contributed by atoms with E-state index in [2.05, 4.69) is 26.3 Å². The Morgan fingerprint density at radius 3 is 2.35 bits per heavy atom. The van der Waals surface area contributed by atoms with Gasteiger partial charge in [0.2, 0.25) is 0 Å². The molecule has 5 nitrogen and oxygen atoms in total. The molecule has 0 aliphatic carbocycles. The first-order valence-electron chi connectivity index (χ1n) is 9.28. The Hall–Kier alpha value is -3.52. The minimum Gasteiger partial charge on any atom is -0.478 e. The summed E-state index contributed by atoms with van der Waals surface area (Å²) in [6, 6.07) is 17.5. The first-order chi connectivity index (χ1) is 14.9. The van der Waals surface area contributed by atoms with Crippen LogP contribution in [-0.2, 0) is 6.54 Å². The maximum atomic E-state index is 13.8. The van der Waals surface area contributed by atoms with Crippen LogP contribution < -0.4 is 5.32 Å². The number of hydrogen-bond acceptors (Lipinski definition) is 3. The number of benzene rings is 3. The van der Waals surface area contributed by atoms with Gasteiger partial charge in [-0.25, -0.2) is 18.3 Å². The summed E-state index contributed by atoms with van der Waals surface area (Å²) in [4.78, 5) is 11.1. The van der Waals surface area contributed by atoms with Crippen LogP contribution in [0.4, 0.5) is 14.5 Å². The molecule has 0 bridgehead atoms. The molecule has 3 aromatic carbocycles. The van der Waals surface area contributed by atoms with Crippen LogP contribution in [0.5, 0.6) is 0 Å². The zero-order chi connectivity index (χ0) is 22.0. The van der Waals surface area contributed by atoms with E-state index >= 15 is 0 Å². The molecule has 2 N–H and O–H groups in total. The second-order valence-electron chi connectivity index (χ2n) is 6.79. The molecule has 31 heavy (non-hydrogen) atoms. The third-order valence-corrected chi connectivity index (χ3v) is 5.22. The lowest BCUT2D eigenvalue weighted by Gasteiger charge is -2.07. The summed E-state index contributed by atoms with van der Waals surface area (Å²) < 4.78 is 29.8. The summed E-state index contributed by atoms with van der Waals surface area (Å²) in [5, 5.41) is 16.9. The van der Waals surface area contributed by atoms with Gasteiger partial charge in [0.1, 0.15) is 0 Å². The van der Waals surface area contributed by atoms with E-state index in [1.54, 1.807) is 23.0 Å². The average molecular weight is 484 g/mol. The summed E-state index contributed by atoms with van der Waals surface area (Å²) in [7, 11) is 0. The lowest BCUT2D eigenvalue weighted by Crippen LogP contribution is -2.00. The Kier molecular flexibility index (Phi) is 5.81. The quantitative estimate of drug-likeness (QED) is 0.358. The van der Waals surface area contributed by atoms with E-state index in [4.69, 9.17) is 5.11 Å². The van der Waals surface area contributed by atoms with Gasteiger partial charge in [-0.3, -0.25) is 0 Å². The third-order valence-electron chi connectivity index (χ3n) is 4.69. The number of nitrogens with one attached hydrogen (secondary N) is 1. The van der Waals surface area contributed by atoms with Gasteiger partial charge < -0.3 is 10.4 Å². The molecule has 0 spiro atoms. The van der Waals surface area contributed by atoms with Crippen LogP contribution in [0.2, 0.25) is 0 Å². The molecule has 0 amide bonds. The second-order valence-corrected chi connectivity index (χ2v) is 7.70. The summed E-state index contributed by atoms with van der Waals surface area (Å²) in [5.74, 6) is -2.90. The van der Waals surface area contributed by atoms with Crippen LogP contribution in [0.1, 0.15) is 15.9 Å². The van der Waals surface area contributed by atoms with Crippen molar-refractivity contribution < 1.29 is 18.7 Å². The lowest BCUT2D eigenvalue weighted by molar-refractivity contribution is 0.0697. The molecule has 1 aromatic heterocycles. The first-order valence-corrected chi connectivity index (χ1v) is 10.1. The Labute approximate surface area is 185 Å². The van der Waals surface area contributed by atoms with Gasteiger partial charge in [0.05, 0.1) is 16.9 Å². The second kappa shape index (κ2) is 8.69. The molecule has 156 valence electrons. The highest BCUT2D eigenvalue weighted by Gasteiger charge is 2.15. The van der Waals surface area contributed by atoms with E-state index in [9.17, 15) is 13.6 Å². The molecule has 0 aliphatic rings. The van der Waals surface area contributed by atoms with Crippen molar-refractivity contribution in [3.05, 3.63) is 100 Å². The number of aromatic carboxylic acids is 1. The SMILES string of the molecule is O=C(O)c1ccc(-n2cc(CNc3ccc(Br)cc3)c(-c3ccc(F)c(F)c3)n2)cc1. The topological polar surface area (TPSA) is 67.2 Å². The standard InChI is InChI=1S/C23H16BrF2N3O2/c24-17-4-6-18(7-5-17)27-12-16-13-29(19-8-1-14(2-9-19)23(30)31)28-22(16)15-3-10-20(25)21(26)11-15/h1-11,13,27H,12H2,(H,30,31). The molecule has 0 saturated heterocycles. The first kappa shape index (κ1) is 20.7. The molecule has 0 fully saturated rings. The normalized spacial score (nSPS) is 10.8. The maximum absolute atomic E-state index is 13.8.